The average molecular weight is 946 g/mol. The molecule has 1 aliphatic heterocycles. The standard InChI is InChI=1S/C20H20F2N6O3S.C18H18FN5O6S2/c1-10(19(24)30)28(14-4-2-11(21)3-5-14)20-25-18(23)17(32-20)16(29)15-6-13(26-31-15)9-27-7-12(22)8-27;1-9(17(21)26)24(12-4-2-10(19)3-5-12)18-22-16(20)15(31-18)14(25)13-8-11(23-30-13)6-7-32(27,28)29/h2-6,10,12H,7-9,23H2,1H3,(H2,24,30);2-5,8-9H,6-7,20H2,1H3,(H2,21,26)(H,27,28,29)/t10-;9-/m11/s1. The van der Waals surface area contributed by atoms with E-state index in [-0.39, 0.29) is 55.3 Å². The number of halogens is 3. The molecular weight excluding hydrogens is 908 g/mol. The first-order valence-electron chi connectivity index (χ1n) is 18.7. The van der Waals surface area contributed by atoms with Crippen LogP contribution in [0.15, 0.2) is 69.7 Å². The van der Waals surface area contributed by atoms with E-state index in [0.29, 0.717) is 36.7 Å². The van der Waals surface area contributed by atoms with Crippen LogP contribution >= 0.6 is 22.7 Å². The minimum atomic E-state index is -4.20. The molecule has 26 heteroatoms. The lowest BCUT2D eigenvalue weighted by atomic mass is 10.1. The first kappa shape index (κ1) is 46.8. The lowest BCUT2D eigenvalue weighted by Gasteiger charge is -2.33. The number of nitrogens with two attached hydrogens (primary N) is 4. The minimum Gasteiger partial charge on any atom is -0.382 e. The van der Waals surface area contributed by atoms with E-state index in [9.17, 15) is 40.8 Å². The number of primary amides is 2. The smallest absolute Gasteiger partial charge is 0.265 e. The third-order valence-electron chi connectivity index (χ3n) is 9.40. The van der Waals surface area contributed by atoms with Crippen molar-refractivity contribution in [2.24, 2.45) is 11.5 Å². The first-order valence-corrected chi connectivity index (χ1v) is 22.0. The number of rotatable bonds is 17. The fourth-order valence-corrected chi connectivity index (χ4v) is 8.51. The van der Waals surface area contributed by atoms with E-state index >= 15 is 0 Å². The number of benzene rings is 2. The fourth-order valence-electron chi connectivity index (χ4n) is 5.98. The van der Waals surface area contributed by atoms with Crippen LogP contribution in [0.4, 0.5) is 46.4 Å². The van der Waals surface area contributed by atoms with Crippen molar-refractivity contribution in [1.82, 2.24) is 25.2 Å². The summed E-state index contributed by atoms with van der Waals surface area (Å²) in [6, 6.07) is 11.6. The SMILES string of the molecule is C[C@H](C(N)=O)N(c1ccc(F)cc1)c1nc(N)c(C(=O)c2cc(CCS(=O)(=O)O)no2)s1.C[C@H](C(N)=O)N(c1ccc(F)cc1)c1nc(N)c(C(=O)c2cc(CN3CC(F)C3)no2)s1. The Morgan fingerprint density at radius 2 is 1.19 bits per heavy atom. The van der Waals surface area contributed by atoms with Crippen molar-refractivity contribution in [1.29, 1.82) is 0 Å². The van der Waals surface area contributed by atoms with Crippen LogP contribution < -0.4 is 32.7 Å². The highest BCUT2D eigenvalue weighted by atomic mass is 32.2. The van der Waals surface area contributed by atoms with Gasteiger partial charge >= 0.3 is 0 Å². The molecule has 6 aromatic rings. The number of hydrogen-bond acceptors (Lipinski definition) is 19. The number of aromatic nitrogens is 4. The highest BCUT2D eigenvalue weighted by Gasteiger charge is 2.32. The molecular formula is C38H38F3N11O9S3. The van der Waals surface area contributed by atoms with Gasteiger partial charge < -0.3 is 41.8 Å². The summed E-state index contributed by atoms with van der Waals surface area (Å²) in [7, 11) is -4.20. The molecule has 338 valence electrons. The third-order valence-corrected chi connectivity index (χ3v) is 12.3. The van der Waals surface area contributed by atoms with Gasteiger partial charge in [0.25, 0.3) is 10.1 Å². The number of carbonyl (C=O) groups excluding carboxylic acids is 4. The number of aryl methyl sites for hydroxylation is 1. The van der Waals surface area contributed by atoms with Gasteiger partial charge in [-0.15, -0.1) is 0 Å². The molecule has 0 saturated carbocycles. The summed E-state index contributed by atoms with van der Waals surface area (Å²) in [6.45, 7) is 4.08. The van der Waals surface area contributed by atoms with Crippen LogP contribution in [0.5, 0.6) is 0 Å². The fraction of sp³-hybridized carbons (Fsp3) is 0.263. The van der Waals surface area contributed by atoms with Crippen LogP contribution in [0.2, 0.25) is 0 Å². The molecule has 1 fully saturated rings. The second kappa shape index (κ2) is 19.3. The van der Waals surface area contributed by atoms with Crippen LogP contribution in [0, 0.1) is 11.6 Å². The van der Waals surface area contributed by atoms with Crippen molar-refractivity contribution in [3.8, 4) is 0 Å². The minimum absolute atomic E-state index is 0.0127. The summed E-state index contributed by atoms with van der Waals surface area (Å²) in [4.78, 5) is 62.7. The van der Waals surface area contributed by atoms with Gasteiger partial charge in [0.2, 0.25) is 34.9 Å². The molecule has 7 rings (SSSR count). The van der Waals surface area contributed by atoms with Crippen molar-refractivity contribution < 1.29 is 54.4 Å². The van der Waals surface area contributed by atoms with E-state index in [0.717, 1.165) is 22.7 Å². The normalized spacial score (nSPS) is 13.9. The number of nitrogens with zero attached hydrogens (tertiary/aromatic N) is 7. The van der Waals surface area contributed by atoms with Crippen LogP contribution in [0.25, 0.3) is 0 Å². The average Bonchev–Trinajstić information content (AvgIpc) is 4.05. The van der Waals surface area contributed by atoms with Crippen molar-refractivity contribution in [2.75, 3.05) is 40.1 Å². The van der Waals surface area contributed by atoms with E-state index in [1.807, 2.05) is 4.90 Å². The maximum Gasteiger partial charge on any atom is 0.265 e. The molecule has 64 heavy (non-hydrogen) atoms. The Morgan fingerprint density at radius 1 is 0.781 bits per heavy atom. The molecule has 9 N–H and O–H groups in total. The molecule has 1 saturated heterocycles. The van der Waals surface area contributed by atoms with Crippen LogP contribution in [0.1, 0.15) is 56.1 Å². The van der Waals surface area contributed by atoms with Gasteiger partial charge in [-0.1, -0.05) is 33.0 Å². The number of nitrogen functional groups attached to an aromatic ring is 2. The van der Waals surface area contributed by atoms with Gasteiger partial charge in [0.15, 0.2) is 10.3 Å². The number of alkyl halides is 1. The molecule has 2 aromatic carbocycles. The Balaban J connectivity index is 0.000000213. The number of amides is 2. The van der Waals surface area contributed by atoms with Gasteiger partial charge in [-0.25, -0.2) is 23.1 Å². The van der Waals surface area contributed by atoms with Crippen molar-refractivity contribution >= 4 is 89.4 Å². The quantitative estimate of drug-likeness (QED) is 0.0642. The number of hydrogen-bond donors (Lipinski definition) is 5. The molecule has 0 bridgehead atoms. The van der Waals surface area contributed by atoms with Gasteiger partial charge in [0.1, 0.15) is 51.3 Å². The Hall–Kier alpha value is -6.74. The lowest BCUT2D eigenvalue weighted by molar-refractivity contribution is -0.119. The summed E-state index contributed by atoms with van der Waals surface area (Å²) in [5, 5.41) is 7.87. The summed E-state index contributed by atoms with van der Waals surface area (Å²) >= 11 is 1.80. The van der Waals surface area contributed by atoms with Gasteiger partial charge in [0, 0.05) is 49.6 Å². The van der Waals surface area contributed by atoms with E-state index in [2.05, 4.69) is 20.3 Å². The summed E-state index contributed by atoms with van der Waals surface area (Å²) < 4.78 is 80.4. The first-order chi connectivity index (χ1) is 30.2. The van der Waals surface area contributed by atoms with Crippen LogP contribution in [-0.2, 0) is 32.7 Å². The monoisotopic (exact) mass is 945 g/mol. The molecule has 1 aliphatic rings. The molecule has 5 heterocycles. The van der Waals surface area contributed by atoms with Gasteiger partial charge in [-0.2, -0.15) is 8.42 Å². The van der Waals surface area contributed by atoms with Gasteiger partial charge in [-0.3, -0.25) is 28.6 Å². The third kappa shape index (κ3) is 11.1. The van der Waals surface area contributed by atoms with Crippen molar-refractivity contribution in [3.05, 3.63) is 105 Å². The Morgan fingerprint density at radius 3 is 1.58 bits per heavy atom. The second-order valence-corrected chi connectivity index (χ2v) is 17.6. The topological polar surface area (TPSA) is 314 Å². The molecule has 0 radical (unpaired) electrons. The zero-order valence-corrected chi connectivity index (χ0v) is 36.0. The molecule has 2 amide bonds. The Kier molecular flexibility index (Phi) is 14.1. The number of ketones is 2. The highest BCUT2D eigenvalue weighted by molar-refractivity contribution is 7.85. The number of carbonyl (C=O) groups is 4. The molecule has 2 atom stereocenters. The van der Waals surface area contributed by atoms with Crippen LogP contribution in [0.3, 0.4) is 0 Å². The van der Waals surface area contributed by atoms with Crippen LogP contribution in [-0.4, -0.2) is 98.6 Å². The Bertz CT molecular complexity index is 2770. The van der Waals surface area contributed by atoms with Crippen molar-refractivity contribution in [2.45, 2.75) is 45.1 Å². The van der Waals surface area contributed by atoms with E-state index in [4.69, 9.17) is 36.5 Å². The number of likely N-dealkylation sites (tertiary alicyclic amines) is 1. The molecule has 0 spiro atoms. The second-order valence-electron chi connectivity index (χ2n) is 14.1. The largest absolute Gasteiger partial charge is 0.382 e. The molecule has 20 nitrogen and oxygen atoms in total. The maximum absolute atomic E-state index is 13.4. The summed E-state index contributed by atoms with van der Waals surface area (Å²) in [5.41, 5.74) is 24.3. The molecule has 0 aliphatic carbocycles. The molecule has 4 aromatic heterocycles. The van der Waals surface area contributed by atoms with Crippen molar-refractivity contribution in [3.63, 3.8) is 0 Å². The van der Waals surface area contributed by atoms with E-state index < -0.39 is 69.1 Å². The lowest BCUT2D eigenvalue weighted by Crippen LogP contribution is -2.47. The zero-order chi connectivity index (χ0) is 46.6. The maximum atomic E-state index is 13.4. The highest BCUT2D eigenvalue weighted by Crippen LogP contribution is 2.38. The number of anilines is 6. The molecule has 0 unspecified atom stereocenters. The summed E-state index contributed by atoms with van der Waals surface area (Å²) in [5.74, 6) is -4.48. The predicted molar refractivity (Wildman–Crippen MR) is 228 cm³/mol. The van der Waals surface area contributed by atoms with E-state index in [1.54, 1.807) is 6.92 Å². The number of thiazole rings is 2. The predicted octanol–water partition coefficient (Wildman–Crippen LogP) is 3.77. The Labute approximate surface area is 369 Å². The van der Waals surface area contributed by atoms with Gasteiger partial charge in [0.05, 0.1) is 17.1 Å². The summed E-state index contributed by atoms with van der Waals surface area (Å²) in [6.07, 6.45) is -1.00. The zero-order valence-electron chi connectivity index (χ0n) is 33.6. The van der Waals surface area contributed by atoms with E-state index in [1.165, 1.54) is 77.4 Å². The van der Waals surface area contributed by atoms with Gasteiger partial charge in [-0.05, 0) is 62.4 Å².